The molecule has 3 rings (SSSR count). The van der Waals surface area contributed by atoms with Crippen molar-refractivity contribution < 1.29 is 15.0 Å². The lowest BCUT2D eigenvalue weighted by Crippen LogP contribution is -2.17. The summed E-state index contributed by atoms with van der Waals surface area (Å²) in [4.78, 5) is 12.3. The van der Waals surface area contributed by atoms with Gasteiger partial charge in [-0.1, -0.05) is 18.2 Å². The van der Waals surface area contributed by atoms with Gasteiger partial charge in [0.25, 0.3) is 5.91 Å². The van der Waals surface area contributed by atoms with E-state index in [1.54, 1.807) is 12.3 Å². The van der Waals surface area contributed by atoms with E-state index in [0.717, 1.165) is 10.9 Å². The van der Waals surface area contributed by atoms with Gasteiger partial charge in [0.1, 0.15) is 0 Å². The van der Waals surface area contributed by atoms with Crippen LogP contribution >= 0.6 is 0 Å². The molecule has 0 saturated heterocycles. The monoisotopic (exact) mass is 309 g/mol. The lowest BCUT2D eigenvalue weighted by Gasteiger charge is -1.99. The van der Waals surface area contributed by atoms with E-state index >= 15 is 0 Å². The minimum absolute atomic E-state index is 0.207. The maximum absolute atomic E-state index is 12.3. The van der Waals surface area contributed by atoms with Crippen LogP contribution in [0.2, 0.25) is 0 Å². The van der Waals surface area contributed by atoms with E-state index in [4.69, 9.17) is 0 Å². The molecule has 23 heavy (non-hydrogen) atoms. The van der Waals surface area contributed by atoms with Crippen molar-refractivity contribution in [3.63, 3.8) is 0 Å². The van der Waals surface area contributed by atoms with Crippen molar-refractivity contribution in [3.8, 4) is 11.5 Å². The van der Waals surface area contributed by atoms with Gasteiger partial charge in [-0.15, -0.1) is 0 Å². The summed E-state index contributed by atoms with van der Waals surface area (Å²) in [6, 6.07) is 11.9. The number of rotatable bonds is 3. The minimum atomic E-state index is -0.318. The van der Waals surface area contributed by atoms with Gasteiger partial charge in [0.2, 0.25) is 0 Å². The number of aromatic nitrogens is 1. The Morgan fingerprint density at radius 1 is 1.17 bits per heavy atom. The molecule has 116 valence electrons. The number of carbonyl (C=O) groups excluding carboxylic acids is 1. The first-order valence-electron chi connectivity index (χ1n) is 6.95. The number of benzene rings is 2. The van der Waals surface area contributed by atoms with Crippen LogP contribution in [0.15, 0.2) is 53.8 Å². The summed E-state index contributed by atoms with van der Waals surface area (Å²) < 4.78 is 1.88. The molecule has 1 heterocycles. The van der Waals surface area contributed by atoms with Crippen molar-refractivity contribution in [3.05, 3.63) is 59.8 Å². The number of hydrazone groups is 1. The van der Waals surface area contributed by atoms with Crippen molar-refractivity contribution in [2.24, 2.45) is 12.1 Å². The van der Waals surface area contributed by atoms with Crippen LogP contribution in [0, 0.1) is 0 Å². The summed E-state index contributed by atoms with van der Waals surface area (Å²) in [5.74, 6) is -0.766. The van der Waals surface area contributed by atoms with Crippen molar-refractivity contribution in [1.29, 1.82) is 0 Å². The number of aromatic hydroxyl groups is 2. The predicted octanol–water partition coefficient (Wildman–Crippen LogP) is 2.35. The second-order valence-electron chi connectivity index (χ2n) is 5.12. The third kappa shape index (κ3) is 2.87. The molecule has 3 N–H and O–H groups in total. The topological polar surface area (TPSA) is 86.9 Å². The fourth-order valence-electron chi connectivity index (χ4n) is 2.37. The largest absolute Gasteiger partial charge is 0.504 e. The van der Waals surface area contributed by atoms with Crippen LogP contribution in [0.25, 0.3) is 10.9 Å². The minimum Gasteiger partial charge on any atom is -0.504 e. The highest BCUT2D eigenvalue weighted by molar-refractivity contribution is 6.07. The maximum Gasteiger partial charge on any atom is 0.273 e. The van der Waals surface area contributed by atoms with Gasteiger partial charge in [0, 0.05) is 24.1 Å². The fraction of sp³-hybridized carbons (Fsp3) is 0.0588. The van der Waals surface area contributed by atoms with Gasteiger partial charge in [-0.25, -0.2) is 5.43 Å². The molecule has 1 amide bonds. The average Bonchev–Trinajstić information content (AvgIpc) is 2.88. The number of phenolic OH excluding ortho intramolecular Hbond substituents is 2. The number of amides is 1. The number of aryl methyl sites for hydroxylation is 1. The van der Waals surface area contributed by atoms with Crippen LogP contribution < -0.4 is 5.43 Å². The zero-order chi connectivity index (χ0) is 16.4. The summed E-state index contributed by atoms with van der Waals surface area (Å²) >= 11 is 0. The Morgan fingerprint density at radius 3 is 2.74 bits per heavy atom. The smallest absolute Gasteiger partial charge is 0.273 e. The summed E-state index contributed by atoms with van der Waals surface area (Å²) in [6.45, 7) is 0. The van der Waals surface area contributed by atoms with Crippen molar-refractivity contribution in [1.82, 2.24) is 9.99 Å². The summed E-state index contributed by atoms with van der Waals surface area (Å²) in [5.41, 5.74) is 4.51. The van der Waals surface area contributed by atoms with E-state index in [0.29, 0.717) is 11.1 Å². The molecule has 0 radical (unpaired) electrons. The first-order valence-corrected chi connectivity index (χ1v) is 6.95. The Balaban J connectivity index is 1.78. The van der Waals surface area contributed by atoms with Crippen LogP contribution in [0.1, 0.15) is 15.9 Å². The second kappa shape index (κ2) is 5.84. The Hall–Kier alpha value is -3.28. The normalized spacial score (nSPS) is 11.2. The van der Waals surface area contributed by atoms with Gasteiger partial charge in [0.15, 0.2) is 11.5 Å². The molecule has 2 aromatic carbocycles. The lowest BCUT2D eigenvalue weighted by molar-refractivity contribution is 0.0956. The van der Waals surface area contributed by atoms with Crippen molar-refractivity contribution >= 4 is 23.0 Å². The lowest BCUT2D eigenvalue weighted by atomic mass is 10.2. The van der Waals surface area contributed by atoms with Gasteiger partial charge in [-0.2, -0.15) is 5.10 Å². The summed E-state index contributed by atoms with van der Waals surface area (Å²) in [7, 11) is 1.88. The number of para-hydroxylation sites is 1. The fourth-order valence-corrected chi connectivity index (χ4v) is 2.37. The molecule has 6 heteroatoms. The van der Waals surface area contributed by atoms with E-state index in [9.17, 15) is 15.0 Å². The maximum atomic E-state index is 12.3. The molecule has 0 aliphatic rings. The highest BCUT2D eigenvalue weighted by atomic mass is 16.3. The molecule has 0 saturated carbocycles. The third-order valence-electron chi connectivity index (χ3n) is 3.52. The van der Waals surface area contributed by atoms with Gasteiger partial charge >= 0.3 is 0 Å². The molecular formula is C17H15N3O3. The van der Waals surface area contributed by atoms with E-state index in [2.05, 4.69) is 10.5 Å². The molecule has 0 aliphatic carbocycles. The highest BCUT2D eigenvalue weighted by Gasteiger charge is 2.12. The van der Waals surface area contributed by atoms with Gasteiger partial charge in [-0.05, 0) is 29.8 Å². The molecule has 0 aliphatic heterocycles. The number of nitrogens with one attached hydrogen (secondary N) is 1. The average molecular weight is 309 g/mol. The van der Waals surface area contributed by atoms with E-state index in [-0.39, 0.29) is 17.4 Å². The van der Waals surface area contributed by atoms with Crippen LogP contribution in [0.5, 0.6) is 11.5 Å². The van der Waals surface area contributed by atoms with Gasteiger partial charge < -0.3 is 14.8 Å². The molecule has 0 fully saturated rings. The predicted molar refractivity (Wildman–Crippen MR) is 87.8 cm³/mol. The van der Waals surface area contributed by atoms with Crippen LogP contribution in [0.3, 0.4) is 0 Å². The molecule has 6 nitrogen and oxygen atoms in total. The van der Waals surface area contributed by atoms with Crippen molar-refractivity contribution in [2.75, 3.05) is 0 Å². The van der Waals surface area contributed by atoms with Crippen LogP contribution in [-0.4, -0.2) is 26.9 Å². The molecule has 1 aromatic heterocycles. The SMILES string of the molecule is Cn1cc(C(=O)NN=Cc2ccc(O)c(O)c2)c2ccccc21. The molecule has 0 spiro atoms. The summed E-state index contributed by atoms with van der Waals surface area (Å²) in [5, 5.41) is 23.4. The Labute approximate surface area is 132 Å². The molecule has 0 unspecified atom stereocenters. The summed E-state index contributed by atoms with van der Waals surface area (Å²) in [6.07, 6.45) is 3.14. The first-order chi connectivity index (χ1) is 11.1. The number of hydrogen-bond acceptors (Lipinski definition) is 4. The number of fused-ring (bicyclic) bond motifs is 1. The second-order valence-corrected chi connectivity index (χ2v) is 5.12. The van der Waals surface area contributed by atoms with Gasteiger partial charge in [0.05, 0.1) is 11.8 Å². The van der Waals surface area contributed by atoms with Crippen LogP contribution in [0.4, 0.5) is 0 Å². The van der Waals surface area contributed by atoms with Crippen LogP contribution in [-0.2, 0) is 7.05 Å². The zero-order valence-electron chi connectivity index (χ0n) is 12.4. The third-order valence-corrected chi connectivity index (χ3v) is 3.52. The quantitative estimate of drug-likeness (QED) is 0.394. The number of hydrogen-bond donors (Lipinski definition) is 3. The Kier molecular flexibility index (Phi) is 3.72. The van der Waals surface area contributed by atoms with E-state index < -0.39 is 0 Å². The molecule has 0 atom stereocenters. The number of nitrogens with zero attached hydrogens (tertiary/aromatic N) is 2. The Morgan fingerprint density at radius 2 is 1.96 bits per heavy atom. The highest BCUT2D eigenvalue weighted by Crippen LogP contribution is 2.24. The van der Waals surface area contributed by atoms with Crippen molar-refractivity contribution in [2.45, 2.75) is 0 Å². The number of carbonyl (C=O) groups is 1. The first kappa shape index (κ1) is 14.6. The molecule has 3 aromatic rings. The zero-order valence-corrected chi connectivity index (χ0v) is 12.4. The standard InChI is InChI=1S/C17H15N3O3/c1-20-10-13(12-4-2-3-5-14(12)20)17(23)19-18-9-11-6-7-15(21)16(22)8-11/h2-10,21-22H,1H3,(H,19,23). The van der Waals surface area contributed by atoms with E-state index in [1.165, 1.54) is 18.3 Å². The van der Waals surface area contributed by atoms with Gasteiger partial charge in [-0.3, -0.25) is 4.79 Å². The van der Waals surface area contributed by atoms with E-state index in [1.807, 2.05) is 35.9 Å². The number of phenols is 2. The Bertz CT molecular complexity index is 913. The molecular weight excluding hydrogens is 294 g/mol. The molecule has 0 bridgehead atoms.